The second-order valence-corrected chi connectivity index (χ2v) is 5.78. The third-order valence-electron chi connectivity index (χ3n) is 4.17. The minimum absolute atomic E-state index is 0.0993. The molecule has 1 amide bonds. The molecule has 1 aromatic carbocycles. The lowest BCUT2D eigenvalue weighted by Crippen LogP contribution is -2.60. The first-order valence-corrected chi connectivity index (χ1v) is 7.22. The maximum Gasteiger partial charge on any atom is 0.416 e. The zero-order valence-corrected chi connectivity index (χ0v) is 11.9. The summed E-state index contributed by atoms with van der Waals surface area (Å²) >= 11 is 0. The summed E-state index contributed by atoms with van der Waals surface area (Å²) in [5, 5.41) is 3.22. The van der Waals surface area contributed by atoms with Gasteiger partial charge in [-0.15, -0.1) is 0 Å². The summed E-state index contributed by atoms with van der Waals surface area (Å²) in [4.78, 5) is 13.5. The zero-order chi connectivity index (χ0) is 15.8. The number of alkyl halides is 3. The molecule has 2 aliphatic heterocycles. The van der Waals surface area contributed by atoms with E-state index in [2.05, 4.69) is 5.32 Å². The Morgan fingerprint density at radius 3 is 2.82 bits per heavy atom. The van der Waals surface area contributed by atoms with Crippen LogP contribution in [0.25, 0.3) is 0 Å². The first kappa shape index (κ1) is 15.3. The van der Waals surface area contributed by atoms with Crippen molar-refractivity contribution in [3.05, 3.63) is 29.8 Å². The maximum absolute atomic E-state index is 12.8. The van der Waals surface area contributed by atoms with Gasteiger partial charge in [-0.25, -0.2) is 0 Å². The number of halogens is 3. The van der Waals surface area contributed by atoms with Gasteiger partial charge in [0, 0.05) is 12.2 Å². The van der Waals surface area contributed by atoms with Gasteiger partial charge in [-0.2, -0.15) is 13.2 Å². The van der Waals surface area contributed by atoms with E-state index in [1.165, 1.54) is 17.0 Å². The summed E-state index contributed by atoms with van der Waals surface area (Å²) in [5.74, 6) is -0.310. The number of nitrogens with one attached hydrogen (secondary N) is 1. The number of benzene rings is 1. The van der Waals surface area contributed by atoms with Gasteiger partial charge in [0.25, 0.3) is 5.91 Å². The number of hydrogen-bond acceptors (Lipinski definition) is 3. The van der Waals surface area contributed by atoms with E-state index < -0.39 is 17.3 Å². The van der Waals surface area contributed by atoms with Gasteiger partial charge in [0.05, 0.1) is 17.7 Å². The van der Waals surface area contributed by atoms with E-state index in [9.17, 15) is 18.0 Å². The molecule has 2 fully saturated rings. The molecule has 1 unspecified atom stereocenters. The predicted molar refractivity (Wildman–Crippen MR) is 74.6 cm³/mol. The SMILES string of the molecule is O=C1COC2(CCCNC2)CN1c1cccc(C(F)(F)F)c1. The molecule has 1 N–H and O–H groups in total. The molecule has 120 valence electrons. The van der Waals surface area contributed by atoms with Crippen LogP contribution in [0.4, 0.5) is 18.9 Å². The fraction of sp³-hybridized carbons (Fsp3) is 0.533. The predicted octanol–water partition coefficient (Wildman–Crippen LogP) is 2.19. The Bertz CT molecular complexity index is 568. The third kappa shape index (κ3) is 2.96. The number of amides is 1. The molecule has 2 saturated heterocycles. The largest absolute Gasteiger partial charge is 0.416 e. The van der Waals surface area contributed by atoms with Gasteiger partial charge in [0.1, 0.15) is 6.61 Å². The number of carbonyl (C=O) groups is 1. The van der Waals surface area contributed by atoms with Gasteiger partial charge >= 0.3 is 6.18 Å². The fourth-order valence-electron chi connectivity index (χ4n) is 3.00. The molecule has 2 aliphatic rings. The molecule has 1 aromatic rings. The third-order valence-corrected chi connectivity index (χ3v) is 4.17. The summed E-state index contributed by atoms with van der Waals surface area (Å²) in [6.45, 7) is 1.68. The number of ether oxygens (including phenoxy) is 1. The molecule has 1 atom stereocenters. The molecule has 0 aliphatic carbocycles. The first-order valence-electron chi connectivity index (χ1n) is 7.22. The lowest BCUT2D eigenvalue weighted by molar-refractivity contribution is -0.141. The Kier molecular flexibility index (Phi) is 3.86. The Hall–Kier alpha value is -1.60. The summed E-state index contributed by atoms with van der Waals surface area (Å²) in [5.41, 5.74) is -0.978. The van der Waals surface area contributed by atoms with Crippen LogP contribution in [0.1, 0.15) is 18.4 Å². The van der Waals surface area contributed by atoms with Crippen molar-refractivity contribution in [1.29, 1.82) is 0 Å². The summed E-state index contributed by atoms with van der Waals surface area (Å²) in [6.07, 6.45) is -2.71. The Morgan fingerprint density at radius 2 is 2.14 bits per heavy atom. The minimum Gasteiger partial charge on any atom is -0.362 e. The van der Waals surface area contributed by atoms with Crippen molar-refractivity contribution in [2.75, 3.05) is 31.1 Å². The van der Waals surface area contributed by atoms with Crippen LogP contribution in [0.2, 0.25) is 0 Å². The highest BCUT2D eigenvalue weighted by atomic mass is 19.4. The van der Waals surface area contributed by atoms with Crippen molar-refractivity contribution < 1.29 is 22.7 Å². The quantitative estimate of drug-likeness (QED) is 0.864. The number of rotatable bonds is 1. The number of morpholine rings is 1. The van der Waals surface area contributed by atoms with E-state index in [4.69, 9.17) is 4.74 Å². The number of carbonyl (C=O) groups excluding carboxylic acids is 1. The number of hydrogen-bond donors (Lipinski definition) is 1. The smallest absolute Gasteiger partial charge is 0.362 e. The van der Waals surface area contributed by atoms with Gasteiger partial charge in [-0.05, 0) is 37.6 Å². The monoisotopic (exact) mass is 314 g/mol. The van der Waals surface area contributed by atoms with E-state index >= 15 is 0 Å². The lowest BCUT2D eigenvalue weighted by atomic mass is 9.91. The molecule has 0 aromatic heterocycles. The minimum atomic E-state index is -4.42. The molecule has 7 heteroatoms. The number of nitrogens with zero attached hydrogens (tertiary/aromatic N) is 1. The highest BCUT2D eigenvalue weighted by Crippen LogP contribution is 2.34. The lowest BCUT2D eigenvalue weighted by Gasteiger charge is -2.44. The Labute approximate surface area is 126 Å². The zero-order valence-electron chi connectivity index (χ0n) is 11.9. The summed E-state index contributed by atoms with van der Waals surface area (Å²) < 4.78 is 44.2. The average molecular weight is 314 g/mol. The van der Waals surface area contributed by atoms with E-state index in [0.29, 0.717) is 6.54 Å². The normalized spacial score (nSPS) is 26.5. The van der Waals surface area contributed by atoms with Gasteiger partial charge in [0.15, 0.2) is 0 Å². The highest BCUT2D eigenvalue weighted by molar-refractivity contribution is 5.95. The standard InChI is InChI=1S/C15H17F3N2O2/c16-15(17,18)11-3-1-4-12(7-11)20-10-14(22-8-13(20)21)5-2-6-19-9-14/h1,3-4,7,19H,2,5-6,8-10H2. The van der Waals surface area contributed by atoms with Crippen LogP contribution in [0.15, 0.2) is 24.3 Å². The molecule has 1 spiro atoms. The van der Waals surface area contributed by atoms with Crippen LogP contribution in [0.5, 0.6) is 0 Å². The van der Waals surface area contributed by atoms with Crippen molar-refractivity contribution in [1.82, 2.24) is 5.32 Å². The van der Waals surface area contributed by atoms with Crippen LogP contribution in [-0.4, -0.2) is 37.7 Å². The van der Waals surface area contributed by atoms with Gasteiger partial charge in [0.2, 0.25) is 0 Å². The molecule has 3 rings (SSSR count). The van der Waals surface area contributed by atoms with Gasteiger partial charge in [-0.1, -0.05) is 6.07 Å². The van der Waals surface area contributed by atoms with Crippen LogP contribution in [0.3, 0.4) is 0 Å². The average Bonchev–Trinajstić information content (AvgIpc) is 2.50. The Balaban J connectivity index is 1.87. The van der Waals surface area contributed by atoms with Crippen molar-refractivity contribution in [3.8, 4) is 0 Å². The van der Waals surface area contributed by atoms with E-state index in [-0.39, 0.29) is 24.7 Å². The van der Waals surface area contributed by atoms with Crippen LogP contribution < -0.4 is 10.2 Å². The Morgan fingerprint density at radius 1 is 1.32 bits per heavy atom. The number of anilines is 1. The van der Waals surface area contributed by atoms with Crippen LogP contribution >= 0.6 is 0 Å². The van der Waals surface area contributed by atoms with Crippen molar-refractivity contribution in [2.45, 2.75) is 24.6 Å². The molecular weight excluding hydrogens is 297 g/mol. The van der Waals surface area contributed by atoms with Crippen molar-refractivity contribution >= 4 is 11.6 Å². The topological polar surface area (TPSA) is 41.6 Å². The highest BCUT2D eigenvalue weighted by Gasteiger charge is 2.41. The molecule has 2 heterocycles. The fourth-order valence-corrected chi connectivity index (χ4v) is 3.00. The molecule has 22 heavy (non-hydrogen) atoms. The molecule has 0 radical (unpaired) electrons. The van der Waals surface area contributed by atoms with Gasteiger partial charge in [-0.3, -0.25) is 4.79 Å². The van der Waals surface area contributed by atoms with Crippen molar-refractivity contribution in [3.63, 3.8) is 0 Å². The molecule has 0 saturated carbocycles. The molecule has 4 nitrogen and oxygen atoms in total. The first-order chi connectivity index (χ1) is 10.4. The van der Waals surface area contributed by atoms with E-state index in [0.717, 1.165) is 31.5 Å². The molecule has 0 bridgehead atoms. The second kappa shape index (κ2) is 5.55. The van der Waals surface area contributed by atoms with Gasteiger partial charge < -0.3 is 15.0 Å². The summed E-state index contributed by atoms with van der Waals surface area (Å²) in [6, 6.07) is 4.88. The van der Waals surface area contributed by atoms with E-state index in [1.807, 2.05) is 0 Å². The summed E-state index contributed by atoms with van der Waals surface area (Å²) in [7, 11) is 0. The van der Waals surface area contributed by atoms with E-state index in [1.54, 1.807) is 0 Å². The molecular formula is C15H17F3N2O2. The van der Waals surface area contributed by atoms with Crippen LogP contribution in [0, 0.1) is 0 Å². The second-order valence-electron chi connectivity index (χ2n) is 5.78. The van der Waals surface area contributed by atoms with Crippen molar-refractivity contribution in [2.24, 2.45) is 0 Å². The van der Waals surface area contributed by atoms with Crippen LogP contribution in [-0.2, 0) is 15.7 Å². The number of piperidine rings is 1. The maximum atomic E-state index is 12.8.